The molecule has 0 bridgehead atoms. The van der Waals surface area contributed by atoms with E-state index in [1.807, 2.05) is 47.4 Å². The molecule has 2 aromatic rings. The normalized spacial score (nSPS) is 15.7. The number of pyridine rings is 1. The molecule has 1 aliphatic heterocycles. The van der Waals surface area contributed by atoms with Gasteiger partial charge in [0.25, 0.3) is 0 Å². The minimum Gasteiger partial charge on any atom is -0.497 e. The molecule has 1 N–H and O–H groups in total. The zero-order chi connectivity index (χ0) is 19.9. The van der Waals surface area contributed by atoms with Crippen molar-refractivity contribution in [1.29, 1.82) is 0 Å². The van der Waals surface area contributed by atoms with Gasteiger partial charge in [0.05, 0.1) is 25.3 Å². The summed E-state index contributed by atoms with van der Waals surface area (Å²) >= 11 is 0. The van der Waals surface area contributed by atoms with Gasteiger partial charge in [0.1, 0.15) is 5.75 Å². The molecule has 3 rings (SSSR count). The highest BCUT2D eigenvalue weighted by Gasteiger charge is 2.30. The number of hydrogen-bond acceptors (Lipinski definition) is 4. The molecule has 1 aliphatic rings. The Kier molecular flexibility index (Phi) is 6.63. The van der Waals surface area contributed by atoms with Crippen molar-refractivity contribution in [2.45, 2.75) is 32.2 Å². The summed E-state index contributed by atoms with van der Waals surface area (Å²) in [6.07, 6.45) is 3.80. The molecule has 6 heteroatoms. The van der Waals surface area contributed by atoms with Gasteiger partial charge in [-0.15, -0.1) is 0 Å². The quantitative estimate of drug-likeness (QED) is 0.835. The third-order valence-corrected chi connectivity index (χ3v) is 5.22. The highest BCUT2D eigenvalue weighted by atomic mass is 16.5. The van der Waals surface area contributed by atoms with Crippen LogP contribution in [0.25, 0.3) is 0 Å². The van der Waals surface area contributed by atoms with Crippen LogP contribution in [0, 0.1) is 5.92 Å². The Balaban J connectivity index is 1.60. The lowest BCUT2D eigenvalue weighted by atomic mass is 9.87. The summed E-state index contributed by atoms with van der Waals surface area (Å²) in [4.78, 5) is 30.7. The lowest BCUT2D eigenvalue weighted by Crippen LogP contribution is -2.43. The first-order valence-electron chi connectivity index (χ1n) is 9.65. The van der Waals surface area contributed by atoms with Crippen LogP contribution in [0.3, 0.4) is 0 Å². The smallest absolute Gasteiger partial charge is 0.226 e. The summed E-state index contributed by atoms with van der Waals surface area (Å²) < 4.78 is 5.23. The lowest BCUT2D eigenvalue weighted by molar-refractivity contribution is -0.132. The van der Waals surface area contributed by atoms with Crippen molar-refractivity contribution in [3.05, 3.63) is 59.9 Å². The SMILES string of the molecule is COc1cccc(CC(=O)N2CCC([C@H](NC(C)=O)c3ccccn3)CC2)c1. The van der Waals surface area contributed by atoms with Crippen LogP contribution in [0.4, 0.5) is 0 Å². The number of amides is 2. The number of aromatic nitrogens is 1. The van der Waals surface area contributed by atoms with Crippen LogP contribution in [0.1, 0.15) is 37.1 Å². The number of methoxy groups -OCH3 is 1. The van der Waals surface area contributed by atoms with Crippen LogP contribution < -0.4 is 10.1 Å². The number of carbonyl (C=O) groups is 2. The van der Waals surface area contributed by atoms with Gasteiger partial charge in [0.2, 0.25) is 11.8 Å². The number of likely N-dealkylation sites (tertiary alicyclic amines) is 1. The maximum atomic E-state index is 12.7. The standard InChI is InChI=1S/C22H27N3O3/c1-16(26)24-22(20-8-3-4-11-23-20)18-9-12-25(13-10-18)21(27)15-17-6-5-7-19(14-17)28-2/h3-8,11,14,18,22H,9-10,12-13,15H2,1-2H3,(H,24,26)/t22-/m0/s1. The third-order valence-electron chi connectivity index (χ3n) is 5.22. The summed E-state index contributed by atoms with van der Waals surface area (Å²) in [6, 6.07) is 13.3. The summed E-state index contributed by atoms with van der Waals surface area (Å²) in [5.41, 5.74) is 1.83. The largest absolute Gasteiger partial charge is 0.497 e. The molecular weight excluding hydrogens is 354 g/mol. The molecule has 1 aromatic carbocycles. The highest BCUT2D eigenvalue weighted by Crippen LogP contribution is 2.30. The van der Waals surface area contributed by atoms with Gasteiger partial charge in [-0.05, 0) is 48.6 Å². The van der Waals surface area contributed by atoms with E-state index in [0.717, 1.165) is 29.8 Å². The monoisotopic (exact) mass is 381 g/mol. The van der Waals surface area contributed by atoms with Crippen molar-refractivity contribution in [3.63, 3.8) is 0 Å². The molecule has 28 heavy (non-hydrogen) atoms. The molecular formula is C22H27N3O3. The van der Waals surface area contributed by atoms with Crippen LogP contribution in [-0.2, 0) is 16.0 Å². The molecule has 0 spiro atoms. The van der Waals surface area contributed by atoms with Gasteiger partial charge in [-0.1, -0.05) is 18.2 Å². The fourth-order valence-electron chi connectivity index (χ4n) is 3.76. The summed E-state index contributed by atoms with van der Waals surface area (Å²) in [5.74, 6) is 1.09. The number of piperidine rings is 1. The van der Waals surface area contributed by atoms with E-state index in [0.29, 0.717) is 19.5 Å². The van der Waals surface area contributed by atoms with Crippen molar-refractivity contribution < 1.29 is 14.3 Å². The summed E-state index contributed by atoms with van der Waals surface area (Å²) in [6.45, 7) is 2.91. The molecule has 2 heterocycles. The summed E-state index contributed by atoms with van der Waals surface area (Å²) in [5, 5.41) is 3.04. The van der Waals surface area contributed by atoms with Gasteiger partial charge in [-0.3, -0.25) is 14.6 Å². The Morgan fingerprint density at radius 3 is 2.64 bits per heavy atom. The molecule has 1 aromatic heterocycles. The lowest BCUT2D eigenvalue weighted by Gasteiger charge is -2.36. The molecule has 148 valence electrons. The molecule has 6 nitrogen and oxygen atoms in total. The number of carbonyl (C=O) groups excluding carboxylic acids is 2. The van der Waals surface area contributed by atoms with E-state index >= 15 is 0 Å². The van der Waals surface area contributed by atoms with E-state index in [1.165, 1.54) is 6.92 Å². The second kappa shape index (κ2) is 9.35. The van der Waals surface area contributed by atoms with Crippen molar-refractivity contribution >= 4 is 11.8 Å². The predicted octanol–water partition coefficient (Wildman–Crippen LogP) is 2.75. The van der Waals surface area contributed by atoms with E-state index in [-0.39, 0.29) is 23.8 Å². The predicted molar refractivity (Wildman–Crippen MR) is 107 cm³/mol. The van der Waals surface area contributed by atoms with Crippen molar-refractivity contribution in [2.75, 3.05) is 20.2 Å². The average Bonchev–Trinajstić information content (AvgIpc) is 2.73. The number of rotatable bonds is 6. The average molecular weight is 381 g/mol. The highest BCUT2D eigenvalue weighted by molar-refractivity contribution is 5.79. The van der Waals surface area contributed by atoms with Crippen LogP contribution in [0.2, 0.25) is 0 Å². The number of ether oxygens (including phenoxy) is 1. The molecule has 0 unspecified atom stereocenters. The van der Waals surface area contributed by atoms with Gasteiger partial charge in [-0.25, -0.2) is 0 Å². The van der Waals surface area contributed by atoms with Crippen LogP contribution in [-0.4, -0.2) is 41.9 Å². The minimum absolute atomic E-state index is 0.0628. The van der Waals surface area contributed by atoms with Crippen molar-refractivity contribution in [1.82, 2.24) is 15.2 Å². The van der Waals surface area contributed by atoms with Gasteiger partial charge in [-0.2, -0.15) is 0 Å². The Morgan fingerprint density at radius 2 is 2.00 bits per heavy atom. The van der Waals surface area contributed by atoms with E-state index in [4.69, 9.17) is 4.74 Å². The van der Waals surface area contributed by atoms with Crippen molar-refractivity contribution in [3.8, 4) is 5.75 Å². The fourth-order valence-corrected chi connectivity index (χ4v) is 3.76. The number of benzene rings is 1. The first-order chi connectivity index (χ1) is 13.6. The van der Waals surface area contributed by atoms with Gasteiger partial charge < -0.3 is 15.0 Å². The number of nitrogens with zero attached hydrogens (tertiary/aromatic N) is 2. The second-order valence-electron chi connectivity index (χ2n) is 7.18. The van der Waals surface area contributed by atoms with E-state index < -0.39 is 0 Å². The molecule has 0 saturated carbocycles. The maximum Gasteiger partial charge on any atom is 0.226 e. The third kappa shape index (κ3) is 5.09. The van der Waals surface area contributed by atoms with Gasteiger partial charge in [0, 0.05) is 26.2 Å². The molecule has 1 atom stereocenters. The summed E-state index contributed by atoms with van der Waals surface area (Å²) in [7, 11) is 1.62. The Morgan fingerprint density at radius 1 is 1.21 bits per heavy atom. The van der Waals surface area contributed by atoms with Crippen molar-refractivity contribution in [2.24, 2.45) is 5.92 Å². The molecule has 1 fully saturated rings. The molecule has 2 amide bonds. The van der Waals surface area contributed by atoms with E-state index in [9.17, 15) is 9.59 Å². The first kappa shape index (κ1) is 19.9. The van der Waals surface area contributed by atoms with Gasteiger partial charge in [0.15, 0.2) is 0 Å². The van der Waals surface area contributed by atoms with Crippen LogP contribution in [0.15, 0.2) is 48.7 Å². The topological polar surface area (TPSA) is 71.5 Å². The maximum absolute atomic E-state index is 12.7. The van der Waals surface area contributed by atoms with Crippen LogP contribution >= 0.6 is 0 Å². The number of hydrogen-bond donors (Lipinski definition) is 1. The first-order valence-corrected chi connectivity index (χ1v) is 9.65. The van der Waals surface area contributed by atoms with Gasteiger partial charge >= 0.3 is 0 Å². The second-order valence-corrected chi connectivity index (χ2v) is 7.18. The Hall–Kier alpha value is -2.89. The zero-order valence-electron chi connectivity index (χ0n) is 16.4. The molecule has 1 saturated heterocycles. The fraction of sp³-hybridized carbons (Fsp3) is 0.409. The Labute approximate surface area is 165 Å². The zero-order valence-corrected chi connectivity index (χ0v) is 16.4. The Bertz CT molecular complexity index is 802. The van der Waals surface area contributed by atoms with E-state index in [1.54, 1.807) is 13.3 Å². The number of nitrogens with one attached hydrogen (secondary N) is 1. The van der Waals surface area contributed by atoms with E-state index in [2.05, 4.69) is 10.3 Å². The van der Waals surface area contributed by atoms with Crippen LogP contribution in [0.5, 0.6) is 5.75 Å². The molecule has 0 radical (unpaired) electrons. The molecule has 0 aliphatic carbocycles. The minimum atomic E-state index is -0.116.